The maximum Gasteiger partial charge on any atom is 0.461 e. The molecule has 132 valence electrons. The first kappa shape index (κ1) is 17.7. The van der Waals surface area contributed by atoms with Crippen molar-refractivity contribution in [1.29, 1.82) is 5.26 Å². The lowest BCUT2D eigenvalue weighted by Gasteiger charge is -2.09. The zero-order valence-corrected chi connectivity index (χ0v) is 13.9. The SMILES string of the molecule is N#Cc1ccc(-c2cnc(Nc3cccc(NSC(F)(F)F)c3)o2)cc1. The molecule has 0 unspecified atom stereocenters. The standard InChI is InChI=1S/C17H11F3N4OS/c18-17(19,20)26-24-14-3-1-2-13(8-14)23-16-22-10-15(25-16)12-6-4-11(9-21)5-7-12/h1-8,10,24H,(H,22,23). The molecule has 0 radical (unpaired) electrons. The van der Waals surface area contributed by atoms with E-state index in [1.807, 2.05) is 6.07 Å². The molecule has 0 atom stereocenters. The zero-order chi connectivity index (χ0) is 18.6. The summed E-state index contributed by atoms with van der Waals surface area (Å²) < 4.78 is 44.5. The van der Waals surface area contributed by atoms with E-state index in [1.165, 1.54) is 18.3 Å². The summed E-state index contributed by atoms with van der Waals surface area (Å²) in [5, 5.41) is 11.7. The number of oxazole rings is 1. The predicted octanol–water partition coefficient (Wildman–Crippen LogP) is 5.54. The van der Waals surface area contributed by atoms with Crippen LogP contribution in [0.3, 0.4) is 0 Å². The van der Waals surface area contributed by atoms with Crippen molar-refractivity contribution in [2.24, 2.45) is 0 Å². The lowest BCUT2D eigenvalue weighted by molar-refractivity contribution is -0.0323. The first-order chi connectivity index (χ1) is 12.4. The highest BCUT2D eigenvalue weighted by Gasteiger charge is 2.28. The summed E-state index contributed by atoms with van der Waals surface area (Å²) in [4.78, 5) is 4.10. The van der Waals surface area contributed by atoms with Crippen LogP contribution >= 0.6 is 11.9 Å². The predicted molar refractivity (Wildman–Crippen MR) is 93.6 cm³/mol. The molecular formula is C17H11F3N4OS. The van der Waals surface area contributed by atoms with Crippen LogP contribution in [-0.2, 0) is 0 Å². The third-order valence-corrected chi connectivity index (χ3v) is 3.77. The van der Waals surface area contributed by atoms with E-state index in [2.05, 4.69) is 15.0 Å². The van der Waals surface area contributed by atoms with E-state index in [9.17, 15) is 13.2 Å². The first-order valence-electron chi connectivity index (χ1n) is 7.27. The van der Waals surface area contributed by atoms with Crippen LogP contribution < -0.4 is 10.0 Å². The van der Waals surface area contributed by atoms with Crippen LogP contribution in [0.15, 0.2) is 59.1 Å². The Morgan fingerprint density at radius 3 is 2.50 bits per heavy atom. The lowest BCUT2D eigenvalue weighted by Crippen LogP contribution is -2.04. The molecular weight excluding hydrogens is 365 g/mol. The molecule has 0 amide bonds. The highest BCUT2D eigenvalue weighted by atomic mass is 32.2. The highest BCUT2D eigenvalue weighted by molar-refractivity contribution is 8.01. The van der Waals surface area contributed by atoms with Gasteiger partial charge in [-0.05, 0) is 42.5 Å². The number of alkyl halides is 3. The molecule has 0 fully saturated rings. The summed E-state index contributed by atoms with van der Waals surface area (Å²) in [6, 6.07) is 15.3. The maximum atomic E-state index is 12.2. The Hall–Kier alpha value is -3.12. The summed E-state index contributed by atoms with van der Waals surface area (Å²) in [7, 11) is 0. The van der Waals surface area contributed by atoms with Gasteiger partial charge in [-0.3, -0.25) is 0 Å². The number of rotatable bonds is 5. The quantitative estimate of drug-likeness (QED) is 0.570. The van der Waals surface area contributed by atoms with Crippen LogP contribution in [0.25, 0.3) is 11.3 Å². The molecule has 0 aliphatic rings. The van der Waals surface area contributed by atoms with Gasteiger partial charge in [0.05, 0.1) is 29.8 Å². The van der Waals surface area contributed by atoms with Crippen molar-refractivity contribution in [3.8, 4) is 17.4 Å². The largest absolute Gasteiger partial charge is 0.461 e. The summed E-state index contributed by atoms with van der Waals surface area (Å²) >= 11 is -0.334. The Labute approximate surface area is 151 Å². The fourth-order valence-electron chi connectivity index (χ4n) is 2.08. The van der Waals surface area contributed by atoms with E-state index in [1.54, 1.807) is 36.4 Å². The second-order valence-corrected chi connectivity index (χ2v) is 5.95. The zero-order valence-electron chi connectivity index (χ0n) is 13.0. The smallest absolute Gasteiger partial charge is 0.423 e. The molecule has 2 N–H and O–H groups in total. The molecule has 3 rings (SSSR count). The van der Waals surface area contributed by atoms with Gasteiger partial charge >= 0.3 is 5.51 Å². The van der Waals surface area contributed by atoms with E-state index in [4.69, 9.17) is 9.68 Å². The fraction of sp³-hybridized carbons (Fsp3) is 0.0588. The number of nitriles is 1. The molecule has 1 heterocycles. The number of hydrogen-bond donors (Lipinski definition) is 2. The Morgan fingerprint density at radius 2 is 1.81 bits per heavy atom. The van der Waals surface area contributed by atoms with Gasteiger partial charge in [-0.25, -0.2) is 4.98 Å². The second-order valence-electron chi connectivity index (χ2n) is 5.07. The molecule has 0 aliphatic carbocycles. The monoisotopic (exact) mass is 376 g/mol. The van der Waals surface area contributed by atoms with Crippen LogP contribution in [0.2, 0.25) is 0 Å². The number of anilines is 3. The number of nitrogens with zero attached hydrogens (tertiary/aromatic N) is 2. The van der Waals surface area contributed by atoms with Crippen molar-refractivity contribution in [2.45, 2.75) is 5.51 Å². The Morgan fingerprint density at radius 1 is 1.08 bits per heavy atom. The Kier molecular flexibility index (Phi) is 5.04. The third kappa shape index (κ3) is 4.70. The van der Waals surface area contributed by atoms with Gasteiger partial charge in [0.2, 0.25) is 0 Å². The van der Waals surface area contributed by atoms with Crippen LogP contribution in [0.1, 0.15) is 5.56 Å². The fourth-order valence-corrected chi connectivity index (χ4v) is 2.44. The third-order valence-electron chi connectivity index (χ3n) is 3.20. The molecule has 0 spiro atoms. The molecule has 9 heteroatoms. The maximum absolute atomic E-state index is 12.2. The van der Waals surface area contributed by atoms with Crippen LogP contribution in [0.5, 0.6) is 0 Å². The molecule has 0 bridgehead atoms. The van der Waals surface area contributed by atoms with Gasteiger partial charge in [0.15, 0.2) is 5.76 Å². The minimum absolute atomic E-state index is 0.199. The normalized spacial score (nSPS) is 11.0. The van der Waals surface area contributed by atoms with Gasteiger partial charge < -0.3 is 14.5 Å². The minimum Gasteiger partial charge on any atom is -0.423 e. The molecule has 0 saturated carbocycles. The average molecular weight is 376 g/mol. The van der Waals surface area contributed by atoms with Gasteiger partial charge in [0.25, 0.3) is 6.01 Å². The molecule has 0 saturated heterocycles. The molecule has 26 heavy (non-hydrogen) atoms. The molecule has 3 aromatic rings. The van der Waals surface area contributed by atoms with Crippen molar-refractivity contribution in [3.05, 3.63) is 60.3 Å². The number of halogens is 3. The topological polar surface area (TPSA) is 73.9 Å². The van der Waals surface area contributed by atoms with E-state index >= 15 is 0 Å². The lowest BCUT2D eigenvalue weighted by atomic mass is 10.1. The van der Waals surface area contributed by atoms with Crippen LogP contribution in [0, 0.1) is 11.3 Å². The van der Waals surface area contributed by atoms with E-state index in [0.717, 1.165) is 5.56 Å². The van der Waals surface area contributed by atoms with Crippen LogP contribution in [0.4, 0.5) is 30.6 Å². The first-order valence-corrected chi connectivity index (χ1v) is 8.09. The van der Waals surface area contributed by atoms with E-state index in [0.29, 0.717) is 17.0 Å². The van der Waals surface area contributed by atoms with Gasteiger partial charge in [-0.15, -0.1) is 0 Å². The second kappa shape index (κ2) is 7.41. The number of nitrogens with one attached hydrogen (secondary N) is 2. The summed E-state index contributed by atoms with van der Waals surface area (Å²) in [5.41, 5.74) is -2.28. The van der Waals surface area contributed by atoms with Gasteiger partial charge in [-0.2, -0.15) is 18.4 Å². The summed E-state index contributed by atoms with van der Waals surface area (Å²) in [5.74, 6) is 0.499. The molecule has 5 nitrogen and oxygen atoms in total. The number of aromatic nitrogens is 1. The van der Waals surface area contributed by atoms with Crippen molar-refractivity contribution in [1.82, 2.24) is 4.98 Å². The van der Waals surface area contributed by atoms with Crippen LogP contribution in [-0.4, -0.2) is 10.5 Å². The van der Waals surface area contributed by atoms with Gasteiger partial charge in [0, 0.05) is 16.9 Å². The number of benzene rings is 2. The number of hydrogen-bond acceptors (Lipinski definition) is 6. The van der Waals surface area contributed by atoms with Gasteiger partial charge in [0.1, 0.15) is 0 Å². The highest BCUT2D eigenvalue weighted by Crippen LogP contribution is 2.32. The Balaban J connectivity index is 1.70. The van der Waals surface area contributed by atoms with Crippen molar-refractivity contribution >= 4 is 29.3 Å². The van der Waals surface area contributed by atoms with Crippen molar-refractivity contribution in [2.75, 3.05) is 10.0 Å². The summed E-state index contributed by atoms with van der Waals surface area (Å²) in [6.07, 6.45) is 1.52. The summed E-state index contributed by atoms with van der Waals surface area (Å²) in [6.45, 7) is 0. The van der Waals surface area contributed by atoms with E-state index < -0.39 is 5.51 Å². The van der Waals surface area contributed by atoms with Gasteiger partial charge in [-0.1, -0.05) is 6.07 Å². The minimum atomic E-state index is -4.37. The van der Waals surface area contributed by atoms with E-state index in [-0.39, 0.29) is 23.6 Å². The average Bonchev–Trinajstić information content (AvgIpc) is 3.08. The molecule has 1 aromatic heterocycles. The molecule has 0 aliphatic heterocycles. The van der Waals surface area contributed by atoms with Crippen molar-refractivity contribution < 1.29 is 17.6 Å². The Bertz CT molecular complexity index is 932. The van der Waals surface area contributed by atoms with Crippen molar-refractivity contribution in [3.63, 3.8) is 0 Å². The molecule has 2 aromatic carbocycles.